The van der Waals surface area contributed by atoms with Crippen LogP contribution >= 0.6 is 11.3 Å². The second kappa shape index (κ2) is 14.0. The van der Waals surface area contributed by atoms with E-state index in [2.05, 4.69) is 37.2 Å². The van der Waals surface area contributed by atoms with Crippen LogP contribution in [0.1, 0.15) is 104 Å². The molecule has 4 unspecified atom stereocenters. The van der Waals surface area contributed by atoms with E-state index in [0.717, 1.165) is 30.0 Å². The molecule has 0 saturated heterocycles. The van der Waals surface area contributed by atoms with Crippen molar-refractivity contribution >= 4 is 29.5 Å². The van der Waals surface area contributed by atoms with Gasteiger partial charge in [0.25, 0.3) is 0 Å². The van der Waals surface area contributed by atoms with Gasteiger partial charge in [0, 0.05) is 23.1 Å². The first-order valence-corrected chi connectivity index (χ1v) is 13.1. The topological polar surface area (TPSA) is 67.3 Å². The smallest absolute Gasteiger partial charge is 0.143 e. The zero-order chi connectivity index (χ0) is 24.3. The summed E-state index contributed by atoms with van der Waals surface area (Å²) in [6.45, 7) is 14.3. The summed E-state index contributed by atoms with van der Waals surface area (Å²) in [6.07, 6.45) is 9.96. The molecule has 5 heteroatoms. The molecule has 0 spiro atoms. The lowest BCUT2D eigenvalue weighted by Crippen LogP contribution is -2.40. The molecule has 0 aliphatic carbocycles. The van der Waals surface area contributed by atoms with Crippen LogP contribution in [0.4, 0.5) is 0 Å². The number of thiazole rings is 1. The zero-order valence-corrected chi connectivity index (χ0v) is 22.1. The van der Waals surface area contributed by atoms with E-state index in [4.69, 9.17) is 0 Å². The average molecular weight is 464 g/mol. The number of aryl methyl sites for hydroxylation is 1. The molecule has 0 aliphatic rings. The summed E-state index contributed by atoms with van der Waals surface area (Å²) < 4.78 is 0. The number of Topliss-reactive ketones (excluding diaryl/α,β-unsaturated/α-hetero) is 1. The number of rotatable bonds is 16. The minimum absolute atomic E-state index is 0.0127. The van der Waals surface area contributed by atoms with Crippen LogP contribution in [0, 0.1) is 30.1 Å². The number of allylic oxidation sites excluding steroid dienone is 1. The van der Waals surface area contributed by atoms with Gasteiger partial charge in [0.05, 0.1) is 16.8 Å². The molecule has 0 bridgehead atoms. The van der Waals surface area contributed by atoms with Gasteiger partial charge in [-0.25, -0.2) is 4.98 Å². The molecule has 0 fully saturated rings. The number of aliphatic hydroxyl groups is 1. The van der Waals surface area contributed by atoms with Crippen LogP contribution in [0.5, 0.6) is 0 Å². The first-order valence-electron chi connectivity index (χ1n) is 12.2. The van der Waals surface area contributed by atoms with Crippen LogP contribution in [0.3, 0.4) is 0 Å². The Morgan fingerprint density at radius 1 is 1.16 bits per heavy atom. The molecule has 1 aromatic rings. The van der Waals surface area contributed by atoms with Gasteiger partial charge in [-0.05, 0) is 51.0 Å². The van der Waals surface area contributed by atoms with Crippen molar-refractivity contribution in [1.82, 2.24) is 4.98 Å². The van der Waals surface area contributed by atoms with Gasteiger partial charge in [0.2, 0.25) is 0 Å². The van der Waals surface area contributed by atoms with Crippen molar-refractivity contribution in [2.45, 2.75) is 106 Å². The molecule has 4 atom stereocenters. The highest BCUT2D eigenvalue weighted by Gasteiger charge is 2.37. The van der Waals surface area contributed by atoms with E-state index in [9.17, 15) is 14.7 Å². The molecule has 1 aromatic heterocycles. The van der Waals surface area contributed by atoms with E-state index in [1.54, 1.807) is 25.2 Å². The first-order chi connectivity index (χ1) is 15.0. The summed E-state index contributed by atoms with van der Waals surface area (Å²) in [5, 5.41) is 13.4. The second-order valence-electron chi connectivity index (χ2n) is 10.5. The Bertz CT molecular complexity index is 737. The Balaban J connectivity index is 2.28. The van der Waals surface area contributed by atoms with Gasteiger partial charge in [0.1, 0.15) is 12.1 Å². The summed E-state index contributed by atoms with van der Waals surface area (Å²) in [7, 11) is 0. The highest BCUT2D eigenvalue weighted by molar-refractivity contribution is 7.09. The SMILES string of the molecule is C/C(=C\c1csc(C)n1)CCCC(C)CCCC(C)CC(C)C(=O)C(C)(C)C(O)CC=O. The maximum atomic E-state index is 12.8. The van der Waals surface area contributed by atoms with Crippen LogP contribution in [0.25, 0.3) is 6.08 Å². The molecule has 0 aromatic carbocycles. The predicted octanol–water partition coefficient (Wildman–Crippen LogP) is 7.04. The minimum atomic E-state index is -0.907. The van der Waals surface area contributed by atoms with Gasteiger partial charge in [-0.15, -0.1) is 11.3 Å². The molecule has 1 rings (SSSR count). The maximum absolute atomic E-state index is 12.8. The van der Waals surface area contributed by atoms with Crippen molar-refractivity contribution in [3.05, 3.63) is 21.7 Å². The third-order valence-corrected chi connectivity index (χ3v) is 7.48. The lowest BCUT2D eigenvalue weighted by molar-refractivity contribution is -0.138. The zero-order valence-electron chi connectivity index (χ0n) is 21.3. The third kappa shape index (κ3) is 10.1. The summed E-state index contributed by atoms with van der Waals surface area (Å²) in [5.74, 6) is 1.15. The fourth-order valence-electron chi connectivity index (χ4n) is 4.47. The van der Waals surface area contributed by atoms with Crippen molar-refractivity contribution < 1.29 is 14.7 Å². The number of carbonyl (C=O) groups is 2. The largest absolute Gasteiger partial charge is 0.392 e. The fourth-order valence-corrected chi connectivity index (χ4v) is 5.04. The molecular weight excluding hydrogens is 418 g/mol. The molecule has 0 saturated carbocycles. The van der Waals surface area contributed by atoms with Crippen LogP contribution in [-0.4, -0.2) is 28.3 Å². The van der Waals surface area contributed by atoms with Crippen molar-refractivity contribution in [3.8, 4) is 0 Å². The van der Waals surface area contributed by atoms with Crippen LogP contribution in [-0.2, 0) is 9.59 Å². The summed E-state index contributed by atoms with van der Waals surface area (Å²) in [5.41, 5.74) is 1.61. The molecule has 0 amide bonds. The van der Waals surface area contributed by atoms with Crippen LogP contribution < -0.4 is 0 Å². The maximum Gasteiger partial charge on any atom is 0.143 e. The Morgan fingerprint density at radius 3 is 2.38 bits per heavy atom. The summed E-state index contributed by atoms with van der Waals surface area (Å²) in [6, 6.07) is 0. The number of aldehydes is 1. The van der Waals surface area contributed by atoms with Crippen LogP contribution in [0.2, 0.25) is 0 Å². The standard InChI is InChI=1S/C27H45NO3S/c1-19(11-9-13-21(3)17-24-18-32-23(5)28-24)10-8-12-20(2)16-22(4)26(31)27(6,7)25(30)14-15-29/h15,17-20,22,25,30H,8-14,16H2,1-7H3/b21-17+. The third-order valence-electron chi connectivity index (χ3n) is 6.68. The van der Waals surface area contributed by atoms with E-state index in [-0.39, 0.29) is 18.1 Å². The molecule has 1 N–H and O–H groups in total. The molecule has 0 radical (unpaired) electrons. The average Bonchev–Trinajstić information content (AvgIpc) is 3.11. The molecule has 4 nitrogen and oxygen atoms in total. The number of ketones is 1. The number of aliphatic hydroxyl groups excluding tert-OH is 1. The Hall–Kier alpha value is -1.33. The van der Waals surface area contributed by atoms with E-state index in [1.165, 1.54) is 31.3 Å². The van der Waals surface area contributed by atoms with Gasteiger partial charge in [-0.2, -0.15) is 0 Å². The number of aromatic nitrogens is 1. The first kappa shape index (κ1) is 28.7. The summed E-state index contributed by atoms with van der Waals surface area (Å²) in [4.78, 5) is 28.0. The number of carbonyl (C=O) groups excluding carboxylic acids is 2. The van der Waals surface area contributed by atoms with Crippen molar-refractivity contribution in [2.24, 2.45) is 23.2 Å². The fraction of sp³-hybridized carbons (Fsp3) is 0.741. The van der Waals surface area contributed by atoms with E-state index >= 15 is 0 Å². The second-order valence-corrected chi connectivity index (χ2v) is 11.5. The quantitative estimate of drug-likeness (QED) is 0.267. The number of hydrogen-bond donors (Lipinski definition) is 1. The van der Waals surface area contributed by atoms with Crippen molar-refractivity contribution in [1.29, 1.82) is 0 Å². The Morgan fingerprint density at radius 2 is 1.78 bits per heavy atom. The monoisotopic (exact) mass is 463 g/mol. The van der Waals surface area contributed by atoms with Gasteiger partial charge in [-0.1, -0.05) is 65.9 Å². The predicted molar refractivity (Wildman–Crippen MR) is 136 cm³/mol. The van der Waals surface area contributed by atoms with Gasteiger partial charge >= 0.3 is 0 Å². The van der Waals surface area contributed by atoms with E-state index in [0.29, 0.717) is 18.1 Å². The Labute approximate surface area is 199 Å². The lowest BCUT2D eigenvalue weighted by atomic mass is 9.74. The van der Waals surface area contributed by atoms with E-state index in [1.807, 2.05) is 13.8 Å². The molecule has 32 heavy (non-hydrogen) atoms. The highest BCUT2D eigenvalue weighted by Crippen LogP contribution is 2.31. The van der Waals surface area contributed by atoms with Crippen molar-refractivity contribution in [2.75, 3.05) is 0 Å². The Kier molecular flexibility index (Phi) is 12.6. The molecular formula is C27H45NO3S. The lowest BCUT2D eigenvalue weighted by Gasteiger charge is -2.31. The van der Waals surface area contributed by atoms with Gasteiger partial charge in [0.15, 0.2) is 0 Å². The summed E-state index contributed by atoms with van der Waals surface area (Å²) >= 11 is 1.70. The molecule has 0 aliphatic heterocycles. The van der Waals surface area contributed by atoms with Crippen molar-refractivity contribution in [3.63, 3.8) is 0 Å². The van der Waals surface area contributed by atoms with Gasteiger partial charge < -0.3 is 9.90 Å². The van der Waals surface area contributed by atoms with Gasteiger partial charge in [-0.3, -0.25) is 4.79 Å². The highest BCUT2D eigenvalue weighted by atomic mass is 32.1. The van der Waals surface area contributed by atoms with Crippen LogP contribution in [0.15, 0.2) is 11.0 Å². The number of hydrogen-bond acceptors (Lipinski definition) is 5. The molecule has 182 valence electrons. The normalized spacial score (nSPS) is 16.4. The number of nitrogens with zero attached hydrogens (tertiary/aromatic N) is 1. The van der Waals surface area contributed by atoms with E-state index < -0.39 is 11.5 Å². The molecule has 1 heterocycles. The minimum Gasteiger partial charge on any atom is -0.392 e.